The van der Waals surface area contributed by atoms with Crippen LogP contribution in [-0.4, -0.2) is 35.0 Å². The lowest BCUT2D eigenvalue weighted by molar-refractivity contribution is -0.119. The van der Waals surface area contributed by atoms with Gasteiger partial charge >= 0.3 is 0 Å². The number of anilines is 2. The van der Waals surface area contributed by atoms with Crippen LogP contribution >= 0.6 is 0 Å². The van der Waals surface area contributed by atoms with Gasteiger partial charge in [0.2, 0.25) is 5.91 Å². The van der Waals surface area contributed by atoms with E-state index < -0.39 is 0 Å². The Morgan fingerprint density at radius 2 is 1.81 bits per heavy atom. The van der Waals surface area contributed by atoms with E-state index in [1.807, 2.05) is 19.9 Å². The van der Waals surface area contributed by atoms with E-state index in [4.69, 9.17) is 0 Å². The van der Waals surface area contributed by atoms with Gasteiger partial charge in [0.15, 0.2) is 0 Å². The maximum absolute atomic E-state index is 11.7. The molecule has 0 atom stereocenters. The minimum Gasteiger partial charge on any atom is -0.370 e. The Kier molecular flexibility index (Phi) is 7.50. The Morgan fingerprint density at radius 1 is 1.14 bits per heavy atom. The molecule has 0 saturated carbocycles. The molecule has 0 saturated heterocycles. The molecule has 3 N–H and O–H groups in total. The van der Waals surface area contributed by atoms with Crippen molar-refractivity contribution in [1.82, 2.24) is 15.3 Å². The molecule has 0 aromatic carbocycles. The second-order valence-electron chi connectivity index (χ2n) is 5.31. The minimum absolute atomic E-state index is 0.0382. The third-order valence-corrected chi connectivity index (χ3v) is 2.68. The summed E-state index contributed by atoms with van der Waals surface area (Å²) in [7, 11) is 0. The summed E-state index contributed by atoms with van der Waals surface area (Å²) in [5, 5.41) is 9.17. The van der Waals surface area contributed by atoms with Gasteiger partial charge in [-0.2, -0.15) is 0 Å². The zero-order valence-corrected chi connectivity index (χ0v) is 13.5. The van der Waals surface area contributed by atoms with Crippen molar-refractivity contribution < 1.29 is 4.79 Å². The molecule has 1 aromatic heterocycles. The first-order chi connectivity index (χ1) is 10.0. The van der Waals surface area contributed by atoms with Gasteiger partial charge in [-0.3, -0.25) is 4.79 Å². The summed E-state index contributed by atoms with van der Waals surface area (Å²) in [4.78, 5) is 20.6. The van der Waals surface area contributed by atoms with Gasteiger partial charge in [-0.25, -0.2) is 9.97 Å². The van der Waals surface area contributed by atoms with E-state index in [-0.39, 0.29) is 18.5 Å². The van der Waals surface area contributed by atoms with E-state index in [0.717, 1.165) is 37.4 Å². The number of carbonyl (C=O) groups is 1. The Hall–Kier alpha value is -1.85. The zero-order valence-electron chi connectivity index (χ0n) is 13.5. The lowest BCUT2D eigenvalue weighted by Gasteiger charge is -2.12. The Morgan fingerprint density at radius 3 is 2.38 bits per heavy atom. The average molecular weight is 293 g/mol. The molecule has 0 unspecified atom stereocenters. The number of nitrogens with zero attached hydrogens (tertiary/aromatic N) is 2. The summed E-state index contributed by atoms with van der Waals surface area (Å²) in [5.41, 5.74) is 0. The Balaban J connectivity index is 2.70. The third-order valence-electron chi connectivity index (χ3n) is 2.68. The van der Waals surface area contributed by atoms with E-state index in [9.17, 15) is 4.79 Å². The number of hydrogen-bond acceptors (Lipinski definition) is 5. The molecular formula is C15H27N5O. The molecule has 1 rings (SSSR count). The second kappa shape index (κ2) is 9.15. The monoisotopic (exact) mass is 293 g/mol. The van der Waals surface area contributed by atoms with Crippen molar-refractivity contribution in [1.29, 1.82) is 0 Å². The number of amides is 1. The van der Waals surface area contributed by atoms with Crippen LogP contribution in [0.4, 0.5) is 11.6 Å². The van der Waals surface area contributed by atoms with E-state index in [1.165, 1.54) is 0 Å². The summed E-state index contributed by atoms with van der Waals surface area (Å²) in [6.07, 6.45) is 2.85. The van der Waals surface area contributed by atoms with Crippen LogP contribution in [-0.2, 0) is 11.2 Å². The van der Waals surface area contributed by atoms with E-state index in [0.29, 0.717) is 5.82 Å². The maximum Gasteiger partial charge on any atom is 0.239 e. The van der Waals surface area contributed by atoms with Gasteiger partial charge in [0, 0.05) is 25.1 Å². The molecule has 0 aliphatic rings. The zero-order chi connectivity index (χ0) is 15.7. The summed E-state index contributed by atoms with van der Waals surface area (Å²) >= 11 is 0. The van der Waals surface area contributed by atoms with Gasteiger partial charge < -0.3 is 16.0 Å². The number of hydrogen-bond donors (Lipinski definition) is 3. The van der Waals surface area contributed by atoms with Crippen LogP contribution in [0.2, 0.25) is 0 Å². The highest BCUT2D eigenvalue weighted by Crippen LogP contribution is 2.12. The van der Waals surface area contributed by atoms with Crippen molar-refractivity contribution in [2.45, 2.75) is 53.0 Å². The van der Waals surface area contributed by atoms with Crippen LogP contribution < -0.4 is 16.0 Å². The van der Waals surface area contributed by atoms with Crippen LogP contribution in [0.5, 0.6) is 0 Å². The fraction of sp³-hybridized carbons (Fsp3) is 0.667. The molecule has 1 aromatic rings. The van der Waals surface area contributed by atoms with Gasteiger partial charge in [0.05, 0.1) is 6.54 Å². The fourth-order valence-electron chi connectivity index (χ4n) is 1.81. The second-order valence-corrected chi connectivity index (χ2v) is 5.31. The molecule has 0 spiro atoms. The molecule has 0 aliphatic carbocycles. The highest BCUT2D eigenvalue weighted by atomic mass is 16.1. The Bertz CT molecular complexity index is 448. The quantitative estimate of drug-likeness (QED) is 0.650. The first kappa shape index (κ1) is 17.2. The van der Waals surface area contributed by atoms with Gasteiger partial charge in [0.25, 0.3) is 0 Å². The maximum atomic E-state index is 11.7. The first-order valence-corrected chi connectivity index (χ1v) is 7.70. The lowest BCUT2D eigenvalue weighted by atomic mass is 10.3. The van der Waals surface area contributed by atoms with E-state index >= 15 is 0 Å². The van der Waals surface area contributed by atoms with Crippen LogP contribution in [0.25, 0.3) is 0 Å². The highest BCUT2D eigenvalue weighted by Gasteiger charge is 2.07. The van der Waals surface area contributed by atoms with E-state index in [1.54, 1.807) is 0 Å². The molecule has 1 heterocycles. The average Bonchev–Trinajstić information content (AvgIpc) is 2.42. The molecule has 0 bridgehead atoms. The third kappa shape index (κ3) is 6.92. The van der Waals surface area contributed by atoms with Crippen LogP contribution in [0.15, 0.2) is 6.07 Å². The van der Waals surface area contributed by atoms with Gasteiger partial charge in [-0.1, -0.05) is 13.8 Å². The van der Waals surface area contributed by atoms with E-state index in [2.05, 4.69) is 39.8 Å². The number of carbonyl (C=O) groups excluding carboxylic acids is 1. The van der Waals surface area contributed by atoms with Crippen molar-refractivity contribution in [2.75, 3.05) is 23.7 Å². The normalized spacial score (nSPS) is 10.5. The summed E-state index contributed by atoms with van der Waals surface area (Å²) in [6, 6.07) is 1.99. The SMILES string of the molecule is CCCNc1cc(NCC(=O)NC(C)C)nc(CCC)n1. The van der Waals surface area contributed by atoms with Crippen molar-refractivity contribution in [3.8, 4) is 0 Å². The van der Waals surface area contributed by atoms with Gasteiger partial charge in [-0.15, -0.1) is 0 Å². The highest BCUT2D eigenvalue weighted by molar-refractivity contribution is 5.80. The predicted molar refractivity (Wildman–Crippen MR) is 86.6 cm³/mol. The molecule has 0 aliphatic heterocycles. The number of rotatable bonds is 9. The largest absolute Gasteiger partial charge is 0.370 e. The van der Waals surface area contributed by atoms with Crippen molar-refractivity contribution in [3.63, 3.8) is 0 Å². The summed E-state index contributed by atoms with van der Waals surface area (Å²) in [5.74, 6) is 2.25. The van der Waals surface area contributed by atoms with Crippen LogP contribution in [0.1, 0.15) is 46.4 Å². The summed E-state index contributed by atoms with van der Waals surface area (Å²) in [6.45, 7) is 9.17. The topological polar surface area (TPSA) is 78.9 Å². The van der Waals surface area contributed by atoms with Crippen molar-refractivity contribution >= 4 is 17.5 Å². The molecule has 0 radical (unpaired) electrons. The molecule has 6 heteroatoms. The van der Waals surface area contributed by atoms with Crippen LogP contribution in [0, 0.1) is 0 Å². The molecule has 1 amide bonds. The molecule has 6 nitrogen and oxygen atoms in total. The summed E-state index contributed by atoms with van der Waals surface area (Å²) < 4.78 is 0. The van der Waals surface area contributed by atoms with Gasteiger partial charge in [-0.05, 0) is 26.7 Å². The lowest BCUT2D eigenvalue weighted by Crippen LogP contribution is -2.35. The Labute approximate surface area is 127 Å². The minimum atomic E-state index is -0.0382. The fourth-order valence-corrected chi connectivity index (χ4v) is 1.81. The number of nitrogens with one attached hydrogen (secondary N) is 3. The standard InChI is InChI=1S/C15H27N5O/c1-5-7-12-19-13(16-8-6-2)9-14(20-12)17-10-15(21)18-11(3)4/h9,11H,5-8,10H2,1-4H3,(H,18,21)(H2,16,17,19,20). The van der Waals surface area contributed by atoms with Gasteiger partial charge in [0.1, 0.15) is 17.5 Å². The first-order valence-electron chi connectivity index (χ1n) is 7.70. The molecule has 21 heavy (non-hydrogen) atoms. The predicted octanol–water partition coefficient (Wildman–Crippen LogP) is 2.19. The van der Waals surface area contributed by atoms with Crippen LogP contribution in [0.3, 0.4) is 0 Å². The van der Waals surface area contributed by atoms with Crippen molar-refractivity contribution in [3.05, 3.63) is 11.9 Å². The number of aromatic nitrogens is 2. The smallest absolute Gasteiger partial charge is 0.239 e. The molecular weight excluding hydrogens is 266 g/mol. The molecule has 118 valence electrons. The molecule has 0 fully saturated rings. The number of aryl methyl sites for hydroxylation is 1. The van der Waals surface area contributed by atoms with Crippen molar-refractivity contribution in [2.24, 2.45) is 0 Å².